The van der Waals surface area contributed by atoms with Crippen molar-refractivity contribution in [1.82, 2.24) is 10.2 Å². The third-order valence-electron chi connectivity index (χ3n) is 2.34. The van der Waals surface area contributed by atoms with Crippen molar-refractivity contribution in [3.63, 3.8) is 0 Å². The molecule has 2 aromatic carbocycles. The molecular formula is C12H7N2. The molecule has 14 heavy (non-hydrogen) atoms. The summed E-state index contributed by atoms with van der Waals surface area (Å²) in [5, 5.41) is 12.1. The van der Waals surface area contributed by atoms with Crippen LogP contribution in [0.4, 0.5) is 0 Å². The number of benzene rings is 2. The molecule has 3 aromatic rings. The molecule has 0 spiro atoms. The van der Waals surface area contributed by atoms with E-state index in [1.165, 1.54) is 10.8 Å². The molecule has 0 N–H and O–H groups in total. The molecule has 0 aliphatic carbocycles. The predicted molar refractivity (Wildman–Crippen MR) is 55.9 cm³/mol. The minimum absolute atomic E-state index is 1.01. The summed E-state index contributed by atoms with van der Waals surface area (Å²) in [7, 11) is 0. The van der Waals surface area contributed by atoms with Gasteiger partial charge in [-0.25, -0.2) is 0 Å². The molecule has 0 unspecified atom stereocenters. The molecule has 1 aromatic heterocycles. The molecule has 1 radical (unpaired) electrons. The zero-order valence-electron chi connectivity index (χ0n) is 7.44. The first kappa shape index (κ1) is 7.44. The number of fused-ring (bicyclic) bond motifs is 2. The third-order valence-corrected chi connectivity index (χ3v) is 2.34. The molecule has 0 aliphatic rings. The fraction of sp³-hybridized carbons (Fsp3) is 0. The van der Waals surface area contributed by atoms with Crippen LogP contribution in [0.2, 0.25) is 0 Å². The molecule has 2 heteroatoms. The van der Waals surface area contributed by atoms with E-state index in [0.717, 1.165) is 10.8 Å². The molecule has 0 saturated heterocycles. The Balaban J connectivity index is 2.52. The topological polar surface area (TPSA) is 25.8 Å². The van der Waals surface area contributed by atoms with Gasteiger partial charge in [-0.1, -0.05) is 24.3 Å². The second-order valence-electron chi connectivity index (χ2n) is 3.24. The van der Waals surface area contributed by atoms with Crippen molar-refractivity contribution in [1.29, 1.82) is 0 Å². The fourth-order valence-corrected chi connectivity index (χ4v) is 1.64. The molecule has 0 aliphatic heterocycles. The lowest BCUT2D eigenvalue weighted by Gasteiger charge is -1.99. The zero-order valence-corrected chi connectivity index (χ0v) is 7.44. The van der Waals surface area contributed by atoms with Gasteiger partial charge in [-0.2, -0.15) is 5.10 Å². The summed E-state index contributed by atoms with van der Waals surface area (Å²) >= 11 is 0. The quantitative estimate of drug-likeness (QED) is 0.496. The third kappa shape index (κ3) is 1.04. The molecule has 0 fully saturated rings. The van der Waals surface area contributed by atoms with Gasteiger partial charge in [0.2, 0.25) is 0 Å². The predicted octanol–water partition coefficient (Wildman–Crippen LogP) is 2.58. The Kier molecular flexibility index (Phi) is 1.47. The second-order valence-corrected chi connectivity index (χ2v) is 3.24. The van der Waals surface area contributed by atoms with Gasteiger partial charge in [-0.15, -0.1) is 5.10 Å². The number of aromatic nitrogens is 2. The Morgan fingerprint density at radius 3 is 2.57 bits per heavy atom. The second kappa shape index (κ2) is 2.77. The SMILES string of the molecule is [c]1nncc2cc3ccccc3cc12. The summed E-state index contributed by atoms with van der Waals surface area (Å²) in [5.74, 6) is 0. The van der Waals surface area contributed by atoms with Crippen molar-refractivity contribution in [3.8, 4) is 0 Å². The maximum Gasteiger partial charge on any atom is 0.122 e. The van der Waals surface area contributed by atoms with E-state index in [9.17, 15) is 0 Å². The summed E-state index contributed by atoms with van der Waals surface area (Å²) in [4.78, 5) is 0. The van der Waals surface area contributed by atoms with Crippen LogP contribution in [-0.2, 0) is 0 Å². The van der Waals surface area contributed by atoms with Gasteiger partial charge in [-0.3, -0.25) is 0 Å². The smallest absolute Gasteiger partial charge is 0.122 e. The van der Waals surface area contributed by atoms with Gasteiger partial charge in [-0.05, 0) is 22.9 Å². The van der Waals surface area contributed by atoms with Gasteiger partial charge >= 0.3 is 0 Å². The van der Waals surface area contributed by atoms with Crippen molar-refractivity contribution in [3.05, 3.63) is 48.8 Å². The summed E-state index contributed by atoms with van der Waals surface area (Å²) < 4.78 is 0. The minimum atomic E-state index is 1.01. The van der Waals surface area contributed by atoms with Crippen LogP contribution < -0.4 is 0 Å². The molecule has 1 heterocycles. The highest BCUT2D eigenvalue weighted by Crippen LogP contribution is 2.20. The van der Waals surface area contributed by atoms with E-state index < -0.39 is 0 Å². The average Bonchev–Trinajstić information content (AvgIpc) is 2.26. The average molecular weight is 179 g/mol. The fourth-order valence-electron chi connectivity index (χ4n) is 1.64. The van der Waals surface area contributed by atoms with Crippen LogP contribution in [0.1, 0.15) is 0 Å². The van der Waals surface area contributed by atoms with Crippen molar-refractivity contribution in [2.24, 2.45) is 0 Å². The minimum Gasteiger partial charge on any atom is -0.158 e. The summed E-state index contributed by atoms with van der Waals surface area (Å²) in [6, 6.07) is 12.4. The molecule has 0 atom stereocenters. The maximum atomic E-state index is 3.81. The van der Waals surface area contributed by atoms with E-state index in [1.54, 1.807) is 6.20 Å². The first-order valence-corrected chi connectivity index (χ1v) is 4.45. The van der Waals surface area contributed by atoms with E-state index in [-0.39, 0.29) is 0 Å². The molecule has 0 bridgehead atoms. The van der Waals surface area contributed by atoms with Crippen LogP contribution in [0.15, 0.2) is 42.6 Å². The van der Waals surface area contributed by atoms with Crippen molar-refractivity contribution in [2.45, 2.75) is 0 Å². The highest BCUT2D eigenvalue weighted by molar-refractivity contribution is 5.97. The Labute approximate surface area is 81.2 Å². The number of hydrogen-bond donors (Lipinski definition) is 0. The van der Waals surface area contributed by atoms with Crippen molar-refractivity contribution < 1.29 is 0 Å². The monoisotopic (exact) mass is 179 g/mol. The first-order chi connectivity index (χ1) is 6.93. The zero-order chi connectivity index (χ0) is 9.38. The van der Waals surface area contributed by atoms with E-state index in [4.69, 9.17) is 0 Å². The van der Waals surface area contributed by atoms with Gasteiger partial charge < -0.3 is 0 Å². The lowest BCUT2D eigenvalue weighted by Crippen LogP contribution is -1.81. The standard InChI is InChI=1S/C12H7N2/c1-2-4-10-6-12-8-14-13-7-11(12)5-9(10)3-1/h1-7H. The van der Waals surface area contributed by atoms with Crippen molar-refractivity contribution in [2.75, 3.05) is 0 Å². The summed E-state index contributed by atoms with van der Waals surface area (Å²) in [5.41, 5.74) is 0. The van der Waals surface area contributed by atoms with E-state index >= 15 is 0 Å². The van der Waals surface area contributed by atoms with Gasteiger partial charge in [0.1, 0.15) is 6.20 Å². The highest BCUT2D eigenvalue weighted by Gasteiger charge is 1.97. The Hall–Kier alpha value is -1.96. The number of nitrogens with zero attached hydrogens (tertiary/aromatic N) is 2. The molecule has 0 amide bonds. The lowest BCUT2D eigenvalue weighted by molar-refractivity contribution is 1.04. The van der Waals surface area contributed by atoms with E-state index in [1.807, 2.05) is 12.1 Å². The molecule has 65 valence electrons. The van der Waals surface area contributed by atoms with Crippen molar-refractivity contribution >= 4 is 21.5 Å². The molecule has 3 rings (SSSR count). The van der Waals surface area contributed by atoms with Gasteiger partial charge in [0.15, 0.2) is 0 Å². The van der Waals surface area contributed by atoms with Crippen LogP contribution in [-0.4, -0.2) is 10.2 Å². The summed E-state index contributed by atoms with van der Waals surface area (Å²) in [6.45, 7) is 0. The normalized spacial score (nSPS) is 10.9. The first-order valence-electron chi connectivity index (χ1n) is 4.45. The van der Waals surface area contributed by atoms with Gasteiger partial charge in [0.25, 0.3) is 0 Å². The Morgan fingerprint density at radius 1 is 0.929 bits per heavy atom. The Morgan fingerprint density at radius 2 is 1.71 bits per heavy atom. The van der Waals surface area contributed by atoms with E-state index in [0.29, 0.717) is 0 Å². The van der Waals surface area contributed by atoms with Gasteiger partial charge in [0.05, 0.1) is 6.20 Å². The number of rotatable bonds is 0. The summed E-state index contributed by atoms with van der Waals surface area (Å²) in [6.07, 6.45) is 4.64. The van der Waals surface area contributed by atoms with E-state index in [2.05, 4.69) is 40.7 Å². The van der Waals surface area contributed by atoms with Crippen LogP contribution in [0.3, 0.4) is 0 Å². The maximum absolute atomic E-state index is 3.81. The lowest BCUT2D eigenvalue weighted by atomic mass is 10.1. The largest absolute Gasteiger partial charge is 0.158 e. The molecular weight excluding hydrogens is 172 g/mol. The highest BCUT2D eigenvalue weighted by atomic mass is 15.1. The van der Waals surface area contributed by atoms with Crippen LogP contribution in [0.25, 0.3) is 21.5 Å². The molecule has 0 saturated carbocycles. The Bertz CT molecular complexity index is 497. The molecule has 2 nitrogen and oxygen atoms in total. The van der Waals surface area contributed by atoms with Crippen LogP contribution in [0, 0.1) is 6.20 Å². The number of hydrogen-bond acceptors (Lipinski definition) is 2. The van der Waals surface area contributed by atoms with Crippen LogP contribution in [0.5, 0.6) is 0 Å². The van der Waals surface area contributed by atoms with Crippen LogP contribution >= 0.6 is 0 Å². The van der Waals surface area contributed by atoms with Gasteiger partial charge in [0, 0.05) is 10.8 Å².